The topological polar surface area (TPSA) is 35.8 Å². The smallest absolute Gasteiger partial charge is 0.101 e. The van der Waals surface area contributed by atoms with Crippen molar-refractivity contribution in [3.8, 4) is 6.07 Å². The number of rotatable bonds is 1. The Hall–Kier alpha value is -2.53. The highest BCUT2D eigenvalue weighted by atomic mass is 15.0. The van der Waals surface area contributed by atoms with Gasteiger partial charge in [-0.05, 0) is 36.5 Å². The Morgan fingerprint density at radius 3 is 2.73 bits per heavy atom. The van der Waals surface area contributed by atoms with Crippen LogP contribution in [0.1, 0.15) is 40.6 Å². The van der Waals surface area contributed by atoms with Gasteiger partial charge in [-0.15, -0.1) is 0 Å². The van der Waals surface area contributed by atoms with Crippen molar-refractivity contribution >= 4 is 5.69 Å². The van der Waals surface area contributed by atoms with E-state index in [1.54, 1.807) is 0 Å². The number of aryl methyl sites for hydroxylation is 1. The number of nitrogens with zero attached hydrogens (tertiary/aromatic N) is 1. The Kier molecular flexibility index (Phi) is 3.01. The van der Waals surface area contributed by atoms with E-state index < -0.39 is 0 Å². The zero-order valence-electron chi connectivity index (χ0n) is 12.6. The first-order valence-electron chi connectivity index (χ1n) is 7.80. The van der Waals surface area contributed by atoms with Gasteiger partial charge in [0.2, 0.25) is 0 Å². The molecule has 1 heterocycles. The van der Waals surface area contributed by atoms with Crippen LogP contribution in [-0.2, 0) is 0 Å². The van der Waals surface area contributed by atoms with Crippen LogP contribution in [0.4, 0.5) is 5.69 Å². The van der Waals surface area contributed by atoms with Crippen LogP contribution in [0.3, 0.4) is 0 Å². The molecular formula is C20H18N2. The second kappa shape index (κ2) is 5.03. The molecule has 3 unspecified atom stereocenters. The van der Waals surface area contributed by atoms with E-state index in [9.17, 15) is 5.26 Å². The molecule has 2 aromatic carbocycles. The van der Waals surface area contributed by atoms with Crippen molar-refractivity contribution in [3.05, 3.63) is 76.9 Å². The number of fused-ring (bicyclic) bond motifs is 3. The lowest BCUT2D eigenvalue weighted by Gasteiger charge is -2.38. The Labute approximate surface area is 131 Å². The zero-order valence-corrected chi connectivity index (χ0v) is 12.6. The molecule has 1 aliphatic heterocycles. The summed E-state index contributed by atoms with van der Waals surface area (Å²) in [6.07, 6.45) is 5.69. The molecule has 0 aromatic heterocycles. The van der Waals surface area contributed by atoms with Gasteiger partial charge in [-0.3, -0.25) is 0 Å². The lowest BCUT2D eigenvalue weighted by atomic mass is 9.76. The van der Waals surface area contributed by atoms with Crippen molar-refractivity contribution in [1.29, 1.82) is 5.26 Å². The van der Waals surface area contributed by atoms with Gasteiger partial charge in [-0.2, -0.15) is 5.26 Å². The first-order valence-corrected chi connectivity index (χ1v) is 7.80. The van der Waals surface area contributed by atoms with Gasteiger partial charge in [0.05, 0.1) is 17.3 Å². The number of anilines is 1. The summed E-state index contributed by atoms with van der Waals surface area (Å²) < 4.78 is 0. The highest BCUT2D eigenvalue weighted by Gasteiger charge is 2.38. The van der Waals surface area contributed by atoms with Crippen molar-refractivity contribution in [2.24, 2.45) is 5.92 Å². The van der Waals surface area contributed by atoms with Gasteiger partial charge < -0.3 is 5.32 Å². The van der Waals surface area contributed by atoms with Crippen molar-refractivity contribution < 1.29 is 0 Å². The maximum absolute atomic E-state index is 9.42. The molecule has 1 N–H and O–H groups in total. The van der Waals surface area contributed by atoms with Crippen molar-refractivity contribution in [2.45, 2.75) is 25.3 Å². The molecular weight excluding hydrogens is 268 g/mol. The third kappa shape index (κ3) is 1.94. The average molecular weight is 286 g/mol. The van der Waals surface area contributed by atoms with Crippen LogP contribution in [0.25, 0.3) is 0 Å². The summed E-state index contributed by atoms with van der Waals surface area (Å²) in [7, 11) is 0. The Balaban J connectivity index is 1.83. The maximum atomic E-state index is 9.42. The molecule has 2 heteroatoms. The van der Waals surface area contributed by atoms with Crippen molar-refractivity contribution in [1.82, 2.24) is 0 Å². The number of hydrogen-bond acceptors (Lipinski definition) is 2. The van der Waals surface area contributed by atoms with Crippen LogP contribution in [0.15, 0.2) is 54.6 Å². The Bertz CT molecular complexity index is 780. The summed E-state index contributed by atoms with van der Waals surface area (Å²) in [6, 6.07) is 17.4. The normalized spacial score (nSPS) is 25.0. The zero-order chi connectivity index (χ0) is 15.1. The molecule has 0 amide bonds. The molecule has 4 rings (SSSR count). The minimum absolute atomic E-state index is 0.266. The summed E-state index contributed by atoms with van der Waals surface area (Å²) in [5, 5.41) is 13.1. The first-order chi connectivity index (χ1) is 10.8. The van der Waals surface area contributed by atoms with E-state index in [-0.39, 0.29) is 6.04 Å². The Morgan fingerprint density at radius 1 is 1.14 bits per heavy atom. The van der Waals surface area contributed by atoms with Crippen LogP contribution < -0.4 is 5.32 Å². The first kappa shape index (κ1) is 13.2. The second-order valence-corrected chi connectivity index (χ2v) is 6.27. The highest BCUT2D eigenvalue weighted by molar-refractivity contribution is 5.67. The predicted molar refractivity (Wildman–Crippen MR) is 88.7 cm³/mol. The maximum Gasteiger partial charge on any atom is 0.101 e. The lowest BCUT2D eigenvalue weighted by molar-refractivity contribution is 0.425. The lowest BCUT2D eigenvalue weighted by Crippen LogP contribution is -2.29. The molecule has 0 radical (unpaired) electrons. The molecule has 1 aliphatic carbocycles. The standard InChI is InChI=1S/C20H18N2/c1-13-8-10-14(11-9-13)19-17-7-3-5-16(17)18-6-2-4-15(12-21)20(18)22-19/h2-6,8-11,16-17,19,22H,7H2,1H3. The van der Waals surface area contributed by atoms with Gasteiger partial charge in [0, 0.05) is 5.92 Å². The van der Waals surface area contributed by atoms with Gasteiger partial charge in [0.15, 0.2) is 0 Å². The van der Waals surface area contributed by atoms with E-state index >= 15 is 0 Å². The molecule has 3 atom stereocenters. The van der Waals surface area contributed by atoms with Gasteiger partial charge in [0.25, 0.3) is 0 Å². The summed E-state index contributed by atoms with van der Waals surface area (Å²) in [4.78, 5) is 0. The summed E-state index contributed by atoms with van der Waals surface area (Å²) >= 11 is 0. The minimum Gasteiger partial charge on any atom is -0.377 e. The van der Waals surface area contributed by atoms with Crippen molar-refractivity contribution in [2.75, 3.05) is 5.32 Å². The molecule has 0 bridgehead atoms. The van der Waals surface area contributed by atoms with Crippen molar-refractivity contribution in [3.63, 3.8) is 0 Å². The third-order valence-corrected chi connectivity index (χ3v) is 4.95. The summed E-state index contributed by atoms with van der Waals surface area (Å²) in [5.41, 5.74) is 5.61. The van der Waals surface area contributed by atoms with E-state index in [1.165, 1.54) is 16.7 Å². The van der Waals surface area contributed by atoms with E-state index in [1.807, 2.05) is 12.1 Å². The number of nitrogens with one attached hydrogen (secondary N) is 1. The molecule has 2 nitrogen and oxygen atoms in total. The van der Waals surface area contributed by atoms with Crippen LogP contribution in [-0.4, -0.2) is 0 Å². The molecule has 2 aliphatic rings. The second-order valence-electron chi connectivity index (χ2n) is 6.27. The van der Waals surface area contributed by atoms with E-state index in [4.69, 9.17) is 0 Å². The molecule has 0 saturated carbocycles. The molecule has 108 valence electrons. The molecule has 0 saturated heterocycles. The number of benzene rings is 2. The fraction of sp³-hybridized carbons (Fsp3) is 0.250. The molecule has 0 spiro atoms. The van der Waals surface area contributed by atoms with Gasteiger partial charge in [0.1, 0.15) is 6.07 Å². The fourth-order valence-corrected chi connectivity index (χ4v) is 3.82. The fourth-order valence-electron chi connectivity index (χ4n) is 3.82. The van der Waals surface area contributed by atoms with E-state index in [0.29, 0.717) is 11.8 Å². The quantitative estimate of drug-likeness (QED) is 0.772. The minimum atomic E-state index is 0.266. The average Bonchev–Trinajstić information content (AvgIpc) is 3.04. The van der Waals surface area contributed by atoms with E-state index in [0.717, 1.165) is 17.7 Å². The van der Waals surface area contributed by atoms with E-state index in [2.05, 4.69) is 60.8 Å². The number of hydrogen-bond donors (Lipinski definition) is 1. The largest absolute Gasteiger partial charge is 0.377 e. The van der Waals surface area contributed by atoms with Crippen LogP contribution in [0, 0.1) is 24.2 Å². The predicted octanol–water partition coefficient (Wildman–Crippen LogP) is 4.69. The molecule has 2 aromatic rings. The SMILES string of the molecule is Cc1ccc(C2Nc3c(C#N)cccc3C3C=CCC32)cc1. The van der Waals surface area contributed by atoms with Gasteiger partial charge >= 0.3 is 0 Å². The third-order valence-electron chi connectivity index (χ3n) is 4.95. The number of nitriles is 1. The molecule has 22 heavy (non-hydrogen) atoms. The highest BCUT2D eigenvalue weighted by Crippen LogP contribution is 2.50. The van der Waals surface area contributed by atoms with Crippen LogP contribution >= 0.6 is 0 Å². The monoisotopic (exact) mass is 286 g/mol. The van der Waals surface area contributed by atoms with Crippen LogP contribution in [0.2, 0.25) is 0 Å². The van der Waals surface area contributed by atoms with Gasteiger partial charge in [-0.25, -0.2) is 0 Å². The van der Waals surface area contributed by atoms with Crippen LogP contribution in [0.5, 0.6) is 0 Å². The number of para-hydroxylation sites is 1. The summed E-state index contributed by atoms with van der Waals surface area (Å²) in [6.45, 7) is 2.11. The summed E-state index contributed by atoms with van der Waals surface area (Å²) in [5.74, 6) is 0.944. The number of allylic oxidation sites excluding steroid dienone is 2. The molecule has 0 fully saturated rings. The van der Waals surface area contributed by atoms with Gasteiger partial charge in [-0.1, -0.05) is 54.1 Å². The Morgan fingerprint density at radius 2 is 1.95 bits per heavy atom.